The van der Waals surface area contributed by atoms with Crippen LogP contribution in [-0.2, 0) is 19.5 Å². The molecule has 0 N–H and O–H groups in total. The third kappa shape index (κ3) is 1.63. The van der Waals surface area contributed by atoms with E-state index in [0.717, 1.165) is 11.1 Å². The van der Waals surface area contributed by atoms with Crippen LogP contribution in [-0.4, -0.2) is 4.98 Å². The summed E-state index contributed by atoms with van der Waals surface area (Å²) in [5, 5.41) is 0.418. The van der Waals surface area contributed by atoms with Crippen molar-refractivity contribution in [2.75, 3.05) is 0 Å². The van der Waals surface area contributed by atoms with E-state index in [1.807, 2.05) is 24.3 Å². The number of thiol groups is 1. The molecule has 11 heavy (non-hydrogen) atoms. The van der Waals surface area contributed by atoms with Crippen molar-refractivity contribution in [1.29, 1.82) is 0 Å². The Morgan fingerprint density at radius 1 is 1.27 bits per heavy atom. The molecule has 0 amide bonds. The molecule has 52 valence electrons. The molecule has 0 saturated carbocycles. The zero-order chi connectivity index (χ0) is 6.97. The zero-order valence-corrected chi connectivity index (χ0v) is 9.68. The second-order valence-corrected chi connectivity index (χ2v) is 2.35. The summed E-state index contributed by atoms with van der Waals surface area (Å²) < 4.78 is 5.12. The minimum absolute atomic E-state index is 0. The summed E-state index contributed by atoms with van der Waals surface area (Å²) in [6.07, 6.45) is 0. The molecule has 1 aromatic carbocycles. The van der Waals surface area contributed by atoms with Crippen LogP contribution >= 0.6 is 12.6 Å². The molecule has 0 radical (unpaired) electrons. The SMILES string of the molecule is Sc1nc2ccccc2o1.[Zn]. The standard InChI is InChI=1S/C7H5NOS.Zn/c10-7-8-5-3-1-2-4-6(5)9-7;/h1-4H,(H,8,10);. The van der Waals surface area contributed by atoms with Crippen LogP contribution in [0.5, 0.6) is 0 Å². The van der Waals surface area contributed by atoms with Crippen LogP contribution in [0.15, 0.2) is 33.9 Å². The number of nitrogens with zero attached hydrogens (tertiary/aromatic N) is 1. The molecule has 2 aromatic rings. The molecule has 0 unspecified atom stereocenters. The first-order valence-corrected chi connectivity index (χ1v) is 3.35. The number of hydrogen-bond acceptors (Lipinski definition) is 3. The fraction of sp³-hybridized carbons (Fsp3) is 0. The maximum absolute atomic E-state index is 5.12. The molecule has 0 bridgehead atoms. The maximum Gasteiger partial charge on any atom is 0.253 e. The van der Waals surface area contributed by atoms with Gasteiger partial charge in [-0.3, -0.25) is 0 Å². The van der Waals surface area contributed by atoms with Crippen molar-refractivity contribution in [2.45, 2.75) is 5.22 Å². The van der Waals surface area contributed by atoms with Crippen LogP contribution in [0.3, 0.4) is 0 Å². The normalized spacial score (nSPS) is 9.55. The number of para-hydroxylation sites is 2. The molecule has 4 heteroatoms. The van der Waals surface area contributed by atoms with Crippen LogP contribution in [0.4, 0.5) is 0 Å². The summed E-state index contributed by atoms with van der Waals surface area (Å²) in [6, 6.07) is 7.57. The van der Waals surface area contributed by atoms with Gasteiger partial charge in [0.15, 0.2) is 5.58 Å². The topological polar surface area (TPSA) is 26.0 Å². The molecule has 1 heterocycles. The summed E-state index contributed by atoms with van der Waals surface area (Å²) in [6.45, 7) is 0. The van der Waals surface area contributed by atoms with Crippen molar-refractivity contribution in [3.8, 4) is 0 Å². The second kappa shape index (κ2) is 3.37. The molecule has 0 aliphatic rings. The molecule has 0 fully saturated rings. The smallest absolute Gasteiger partial charge is 0.253 e. The second-order valence-electron chi connectivity index (χ2n) is 1.96. The van der Waals surface area contributed by atoms with Gasteiger partial charge in [-0.05, 0) is 12.1 Å². The summed E-state index contributed by atoms with van der Waals surface area (Å²) >= 11 is 3.97. The van der Waals surface area contributed by atoms with Gasteiger partial charge < -0.3 is 4.42 Å². The van der Waals surface area contributed by atoms with Crippen molar-refractivity contribution in [2.24, 2.45) is 0 Å². The molecule has 0 aliphatic heterocycles. The quantitative estimate of drug-likeness (QED) is 0.539. The van der Waals surface area contributed by atoms with Gasteiger partial charge in [-0.25, -0.2) is 4.98 Å². The predicted octanol–water partition coefficient (Wildman–Crippen LogP) is 2.11. The van der Waals surface area contributed by atoms with E-state index in [0.29, 0.717) is 5.22 Å². The largest absolute Gasteiger partial charge is 0.432 e. The first-order chi connectivity index (χ1) is 4.86. The Hall–Kier alpha value is -0.337. The van der Waals surface area contributed by atoms with E-state index in [9.17, 15) is 0 Å². The molecule has 0 aliphatic carbocycles. The summed E-state index contributed by atoms with van der Waals surface area (Å²) in [7, 11) is 0. The molecular weight excluding hydrogens is 212 g/mol. The van der Waals surface area contributed by atoms with E-state index in [1.54, 1.807) is 0 Å². The Kier molecular flexibility index (Phi) is 2.69. The predicted molar refractivity (Wildman–Crippen MR) is 41.3 cm³/mol. The van der Waals surface area contributed by atoms with E-state index in [1.165, 1.54) is 0 Å². The van der Waals surface area contributed by atoms with E-state index in [2.05, 4.69) is 17.6 Å². The average Bonchev–Trinajstić information content (AvgIpc) is 2.27. The van der Waals surface area contributed by atoms with Gasteiger partial charge in [0.2, 0.25) is 0 Å². The summed E-state index contributed by atoms with van der Waals surface area (Å²) in [5.41, 5.74) is 1.64. The Balaban J connectivity index is 0.000000605. The van der Waals surface area contributed by atoms with Crippen molar-refractivity contribution >= 4 is 23.7 Å². The molecule has 0 spiro atoms. The first kappa shape index (κ1) is 8.76. The van der Waals surface area contributed by atoms with E-state index in [-0.39, 0.29) is 19.5 Å². The fourth-order valence-electron chi connectivity index (χ4n) is 0.860. The number of oxazole rings is 1. The van der Waals surface area contributed by atoms with Crippen molar-refractivity contribution in [1.82, 2.24) is 4.98 Å². The summed E-state index contributed by atoms with van der Waals surface area (Å²) in [4.78, 5) is 4.01. The molecular formula is C7H5NOSZn. The number of benzene rings is 1. The van der Waals surface area contributed by atoms with Gasteiger partial charge >= 0.3 is 0 Å². The average molecular weight is 217 g/mol. The van der Waals surface area contributed by atoms with Crippen molar-refractivity contribution < 1.29 is 23.9 Å². The Labute approximate surface area is 82.2 Å². The minimum Gasteiger partial charge on any atom is -0.432 e. The Morgan fingerprint density at radius 2 is 2.00 bits per heavy atom. The fourth-order valence-corrected chi connectivity index (χ4v) is 1.07. The minimum atomic E-state index is 0. The zero-order valence-electron chi connectivity index (χ0n) is 5.82. The molecule has 2 rings (SSSR count). The number of rotatable bonds is 0. The van der Waals surface area contributed by atoms with Crippen LogP contribution in [0.2, 0.25) is 0 Å². The van der Waals surface area contributed by atoms with Crippen LogP contribution in [0, 0.1) is 0 Å². The van der Waals surface area contributed by atoms with E-state index in [4.69, 9.17) is 4.42 Å². The van der Waals surface area contributed by atoms with Crippen molar-refractivity contribution in [3.63, 3.8) is 0 Å². The van der Waals surface area contributed by atoms with Crippen LogP contribution in [0.25, 0.3) is 11.1 Å². The van der Waals surface area contributed by atoms with Gasteiger partial charge in [0, 0.05) is 19.5 Å². The van der Waals surface area contributed by atoms with Gasteiger partial charge in [0.25, 0.3) is 5.22 Å². The molecule has 0 atom stereocenters. The Morgan fingerprint density at radius 3 is 2.73 bits per heavy atom. The van der Waals surface area contributed by atoms with E-state index < -0.39 is 0 Å². The first-order valence-electron chi connectivity index (χ1n) is 2.91. The summed E-state index contributed by atoms with van der Waals surface area (Å²) in [5.74, 6) is 0. The molecule has 1 aromatic heterocycles. The molecule has 0 saturated heterocycles. The van der Waals surface area contributed by atoms with E-state index >= 15 is 0 Å². The van der Waals surface area contributed by atoms with Gasteiger partial charge in [0.05, 0.1) is 0 Å². The maximum atomic E-state index is 5.12. The van der Waals surface area contributed by atoms with Crippen molar-refractivity contribution in [3.05, 3.63) is 24.3 Å². The van der Waals surface area contributed by atoms with Crippen LogP contribution < -0.4 is 0 Å². The number of hydrogen-bond donors (Lipinski definition) is 1. The molecule has 2 nitrogen and oxygen atoms in total. The third-order valence-electron chi connectivity index (χ3n) is 1.28. The number of aromatic nitrogens is 1. The van der Waals surface area contributed by atoms with Crippen LogP contribution in [0.1, 0.15) is 0 Å². The van der Waals surface area contributed by atoms with Gasteiger partial charge in [-0.2, -0.15) is 0 Å². The number of fused-ring (bicyclic) bond motifs is 1. The third-order valence-corrected chi connectivity index (χ3v) is 1.47. The van der Waals surface area contributed by atoms with Gasteiger partial charge in [-0.1, -0.05) is 24.8 Å². The van der Waals surface area contributed by atoms with Gasteiger partial charge in [-0.15, -0.1) is 0 Å². The van der Waals surface area contributed by atoms with Gasteiger partial charge in [0.1, 0.15) is 5.52 Å². The Bertz CT molecular complexity index is 327. The monoisotopic (exact) mass is 215 g/mol.